The first kappa shape index (κ1) is 16.7. The van der Waals surface area contributed by atoms with Gasteiger partial charge in [0.25, 0.3) is 0 Å². The summed E-state index contributed by atoms with van der Waals surface area (Å²) in [6.07, 6.45) is 1.99. The molecule has 0 aliphatic rings. The fraction of sp³-hybridized carbons (Fsp3) is 0.333. The van der Waals surface area contributed by atoms with Gasteiger partial charge in [-0.25, -0.2) is 4.79 Å². The summed E-state index contributed by atoms with van der Waals surface area (Å²) in [5.74, 6) is 0.691. The molecule has 2 amide bonds. The van der Waals surface area contributed by atoms with Crippen LogP contribution in [-0.4, -0.2) is 23.8 Å². The van der Waals surface area contributed by atoms with E-state index in [1.165, 1.54) is 0 Å². The largest absolute Gasteiger partial charge is 0.428 e. The van der Waals surface area contributed by atoms with E-state index in [4.69, 9.17) is 16.0 Å². The lowest BCUT2D eigenvalue weighted by molar-refractivity contribution is 0.251. The van der Waals surface area contributed by atoms with Crippen LogP contribution in [0.5, 0.6) is 0 Å². The first-order valence-electron chi connectivity index (χ1n) is 6.76. The van der Waals surface area contributed by atoms with Gasteiger partial charge in [0.2, 0.25) is 0 Å². The van der Waals surface area contributed by atoms with Gasteiger partial charge in [-0.1, -0.05) is 23.7 Å². The van der Waals surface area contributed by atoms with Gasteiger partial charge in [0.05, 0.1) is 5.69 Å². The van der Waals surface area contributed by atoms with Crippen molar-refractivity contribution in [2.24, 2.45) is 0 Å². The number of amides is 2. The zero-order valence-electron chi connectivity index (χ0n) is 12.6. The second-order valence-electron chi connectivity index (χ2n) is 4.77. The Morgan fingerprint density at radius 2 is 2.23 bits per heavy atom. The van der Waals surface area contributed by atoms with Gasteiger partial charge < -0.3 is 9.73 Å². The molecule has 0 aliphatic heterocycles. The van der Waals surface area contributed by atoms with E-state index >= 15 is 0 Å². The fourth-order valence-corrected chi connectivity index (χ4v) is 2.76. The minimum absolute atomic E-state index is 0.123. The molecule has 1 aromatic heterocycles. The normalized spacial score (nSPS) is 12.0. The molecule has 7 heteroatoms. The SMILES string of the molecule is CSC(CNC(=O)Nc1nc(C)c(C)o1)c1cccc(Cl)c1. The molecule has 0 saturated carbocycles. The first-order valence-corrected chi connectivity index (χ1v) is 8.43. The van der Waals surface area contributed by atoms with E-state index in [2.05, 4.69) is 15.6 Å². The molecular formula is C15H18ClN3O2S. The highest BCUT2D eigenvalue weighted by atomic mass is 35.5. The van der Waals surface area contributed by atoms with E-state index in [1.54, 1.807) is 18.7 Å². The number of anilines is 1. The van der Waals surface area contributed by atoms with Crippen LogP contribution in [-0.2, 0) is 0 Å². The number of aryl methyl sites for hydroxylation is 2. The van der Waals surface area contributed by atoms with Crippen LogP contribution in [0.1, 0.15) is 22.3 Å². The van der Waals surface area contributed by atoms with E-state index in [-0.39, 0.29) is 17.3 Å². The van der Waals surface area contributed by atoms with Gasteiger partial charge in [0.15, 0.2) is 0 Å². The summed E-state index contributed by atoms with van der Waals surface area (Å²) in [6.45, 7) is 4.10. The monoisotopic (exact) mass is 339 g/mol. The molecule has 0 fully saturated rings. The third-order valence-electron chi connectivity index (χ3n) is 3.20. The lowest BCUT2D eigenvalue weighted by atomic mass is 10.1. The highest BCUT2D eigenvalue weighted by Crippen LogP contribution is 2.27. The summed E-state index contributed by atoms with van der Waals surface area (Å²) in [5.41, 5.74) is 1.83. The molecule has 0 radical (unpaired) electrons. The zero-order chi connectivity index (χ0) is 16.1. The van der Waals surface area contributed by atoms with Crippen molar-refractivity contribution in [2.45, 2.75) is 19.1 Å². The van der Waals surface area contributed by atoms with Crippen LogP contribution >= 0.6 is 23.4 Å². The summed E-state index contributed by atoms with van der Waals surface area (Å²) in [4.78, 5) is 16.0. The van der Waals surface area contributed by atoms with Crippen LogP contribution in [0.3, 0.4) is 0 Å². The van der Waals surface area contributed by atoms with E-state index in [1.807, 2.05) is 37.4 Å². The maximum atomic E-state index is 11.9. The number of halogens is 1. The molecule has 118 valence electrons. The summed E-state index contributed by atoms with van der Waals surface area (Å²) in [7, 11) is 0. The van der Waals surface area contributed by atoms with Crippen molar-refractivity contribution in [1.29, 1.82) is 0 Å². The first-order chi connectivity index (χ1) is 10.5. The Hall–Kier alpha value is -1.66. The lowest BCUT2D eigenvalue weighted by Crippen LogP contribution is -2.31. The van der Waals surface area contributed by atoms with Crippen molar-refractivity contribution in [3.63, 3.8) is 0 Å². The van der Waals surface area contributed by atoms with Gasteiger partial charge in [0, 0.05) is 16.8 Å². The molecule has 2 N–H and O–H groups in total. The van der Waals surface area contributed by atoms with E-state index in [0.29, 0.717) is 17.3 Å². The van der Waals surface area contributed by atoms with E-state index < -0.39 is 0 Å². The molecule has 1 heterocycles. The lowest BCUT2D eigenvalue weighted by Gasteiger charge is -2.16. The third kappa shape index (κ3) is 4.42. The minimum Gasteiger partial charge on any atom is -0.428 e. The van der Waals surface area contributed by atoms with Crippen molar-refractivity contribution < 1.29 is 9.21 Å². The number of aromatic nitrogens is 1. The number of rotatable bonds is 5. The summed E-state index contributed by atoms with van der Waals surface area (Å²) in [5, 5.41) is 6.21. The third-order valence-corrected chi connectivity index (χ3v) is 4.44. The second-order valence-corrected chi connectivity index (χ2v) is 6.25. The zero-order valence-corrected chi connectivity index (χ0v) is 14.2. The Balaban J connectivity index is 1.91. The summed E-state index contributed by atoms with van der Waals surface area (Å²) >= 11 is 7.65. The number of oxazole rings is 1. The number of carbonyl (C=O) groups excluding carboxylic acids is 1. The molecule has 0 bridgehead atoms. The number of hydrogen-bond donors (Lipinski definition) is 2. The molecule has 0 aliphatic carbocycles. The number of nitrogens with one attached hydrogen (secondary N) is 2. The van der Waals surface area contributed by atoms with Crippen molar-refractivity contribution in [3.05, 3.63) is 46.3 Å². The Bertz CT molecular complexity index is 640. The average Bonchev–Trinajstić information content (AvgIpc) is 2.78. The molecule has 1 aromatic carbocycles. The minimum atomic E-state index is -0.345. The number of hydrogen-bond acceptors (Lipinski definition) is 4. The van der Waals surface area contributed by atoms with Crippen LogP contribution in [0.4, 0.5) is 10.8 Å². The van der Waals surface area contributed by atoms with Gasteiger partial charge in [-0.05, 0) is 37.8 Å². The molecule has 2 rings (SSSR count). The predicted octanol–water partition coefficient (Wildman–Crippen LogP) is 4.17. The molecule has 2 aromatic rings. The van der Waals surface area contributed by atoms with Crippen molar-refractivity contribution in [1.82, 2.24) is 10.3 Å². The second kappa shape index (κ2) is 7.56. The number of carbonyl (C=O) groups is 1. The van der Waals surface area contributed by atoms with Gasteiger partial charge in [-0.2, -0.15) is 16.7 Å². The number of benzene rings is 1. The highest BCUT2D eigenvalue weighted by Gasteiger charge is 2.14. The van der Waals surface area contributed by atoms with Crippen molar-refractivity contribution in [3.8, 4) is 0 Å². The van der Waals surface area contributed by atoms with Gasteiger partial charge in [-0.15, -0.1) is 0 Å². The molecular weight excluding hydrogens is 322 g/mol. The molecule has 0 saturated heterocycles. The van der Waals surface area contributed by atoms with Crippen LogP contribution in [0.15, 0.2) is 28.7 Å². The standard InChI is InChI=1S/C15H18ClN3O2S/c1-9-10(2)21-15(18-9)19-14(20)17-8-13(22-3)11-5-4-6-12(16)7-11/h4-7,13H,8H2,1-3H3,(H2,17,18,19,20). The smallest absolute Gasteiger partial charge is 0.322 e. The maximum Gasteiger partial charge on any atom is 0.322 e. The van der Waals surface area contributed by atoms with Crippen LogP contribution < -0.4 is 10.6 Å². The quantitative estimate of drug-likeness (QED) is 0.857. The Morgan fingerprint density at radius 1 is 1.45 bits per heavy atom. The molecule has 1 atom stereocenters. The predicted molar refractivity (Wildman–Crippen MR) is 90.7 cm³/mol. The molecule has 0 spiro atoms. The van der Waals surface area contributed by atoms with Gasteiger partial charge >= 0.3 is 12.0 Å². The van der Waals surface area contributed by atoms with Crippen molar-refractivity contribution >= 4 is 35.4 Å². The average molecular weight is 340 g/mol. The molecule has 22 heavy (non-hydrogen) atoms. The molecule has 1 unspecified atom stereocenters. The van der Waals surface area contributed by atoms with Crippen LogP contribution in [0.25, 0.3) is 0 Å². The Morgan fingerprint density at radius 3 is 2.82 bits per heavy atom. The highest BCUT2D eigenvalue weighted by molar-refractivity contribution is 7.98. The van der Waals surface area contributed by atoms with Gasteiger partial charge in [0.1, 0.15) is 5.76 Å². The van der Waals surface area contributed by atoms with Crippen molar-refractivity contribution in [2.75, 3.05) is 18.1 Å². The van der Waals surface area contributed by atoms with Crippen LogP contribution in [0.2, 0.25) is 5.02 Å². The van der Waals surface area contributed by atoms with Crippen LogP contribution in [0, 0.1) is 13.8 Å². The number of urea groups is 1. The Kier molecular flexibility index (Phi) is 5.74. The topological polar surface area (TPSA) is 67.2 Å². The summed E-state index contributed by atoms with van der Waals surface area (Å²) in [6, 6.07) is 7.49. The number of nitrogens with zero attached hydrogens (tertiary/aromatic N) is 1. The van der Waals surface area contributed by atoms with E-state index in [0.717, 1.165) is 11.3 Å². The Labute approximate surface area is 138 Å². The summed E-state index contributed by atoms with van der Waals surface area (Å²) < 4.78 is 5.31. The fourth-order valence-electron chi connectivity index (χ4n) is 1.90. The molecule has 5 nitrogen and oxygen atoms in total. The number of thioether (sulfide) groups is 1. The van der Waals surface area contributed by atoms with E-state index in [9.17, 15) is 4.79 Å². The maximum absolute atomic E-state index is 11.9. The van der Waals surface area contributed by atoms with Gasteiger partial charge in [-0.3, -0.25) is 5.32 Å².